The van der Waals surface area contributed by atoms with Crippen LogP contribution in [0.25, 0.3) is 11.2 Å². The Kier molecular flexibility index (Phi) is 2.56. The number of H-pyrrole nitrogens is 1. The van der Waals surface area contributed by atoms with Crippen molar-refractivity contribution in [2.24, 2.45) is 0 Å². The second-order valence-corrected chi connectivity index (χ2v) is 5.65. The Hall–Kier alpha value is -2.22. The molecule has 0 unspecified atom stereocenters. The summed E-state index contributed by atoms with van der Waals surface area (Å²) in [5.41, 5.74) is 7.31. The third kappa shape index (κ3) is 2.07. The number of rotatable bonds is 3. The normalized spacial score (nSPS) is 14.8. The Balaban J connectivity index is 1.73. The number of imidazole rings is 1. The first-order valence-corrected chi connectivity index (χ1v) is 7.07. The molecule has 7 nitrogen and oxygen atoms in total. The highest BCUT2D eigenvalue weighted by Gasteiger charge is 2.27. The number of nitrogens with two attached hydrogens (primary N) is 1. The number of hydrogen-bond acceptors (Lipinski definition) is 7. The third-order valence-corrected chi connectivity index (χ3v) is 3.99. The second-order valence-electron chi connectivity index (χ2n) is 4.65. The van der Waals surface area contributed by atoms with Gasteiger partial charge in [0.15, 0.2) is 5.65 Å². The molecule has 0 aromatic carbocycles. The Bertz CT molecular complexity index is 780. The van der Waals surface area contributed by atoms with Crippen LogP contribution in [0.3, 0.4) is 0 Å². The van der Waals surface area contributed by atoms with Crippen molar-refractivity contribution in [2.45, 2.75) is 28.8 Å². The Morgan fingerprint density at radius 3 is 2.95 bits per heavy atom. The number of nitrogen functional groups attached to an aromatic ring is 1. The SMILES string of the molecule is Nc1cc(Sc2ncnc3nc[nH]c23)nc(C2CC2)n1. The number of fused-ring (bicyclic) bond motifs is 1. The van der Waals surface area contributed by atoms with Gasteiger partial charge in [0.05, 0.1) is 6.33 Å². The molecule has 3 heterocycles. The molecule has 20 heavy (non-hydrogen) atoms. The lowest BCUT2D eigenvalue weighted by atomic mass is 10.4. The van der Waals surface area contributed by atoms with Crippen molar-refractivity contribution < 1.29 is 0 Å². The minimum atomic E-state index is 0.468. The van der Waals surface area contributed by atoms with Gasteiger partial charge in [-0.2, -0.15) is 0 Å². The van der Waals surface area contributed by atoms with E-state index in [-0.39, 0.29) is 0 Å². The van der Waals surface area contributed by atoms with Gasteiger partial charge in [-0.1, -0.05) is 0 Å². The van der Waals surface area contributed by atoms with Gasteiger partial charge in [0.2, 0.25) is 0 Å². The number of nitrogens with one attached hydrogen (secondary N) is 1. The van der Waals surface area contributed by atoms with Gasteiger partial charge in [-0.3, -0.25) is 0 Å². The molecular formula is C12H11N7S. The summed E-state index contributed by atoms with van der Waals surface area (Å²) in [6.07, 6.45) is 5.39. The Morgan fingerprint density at radius 1 is 1.20 bits per heavy atom. The molecule has 3 aromatic rings. The van der Waals surface area contributed by atoms with Crippen LogP contribution < -0.4 is 5.73 Å². The lowest BCUT2D eigenvalue weighted by Crippen LogP contribution is -1.99. The van der Waals surface area contributed by atoms with Crippen LogP contribution in [0.4, 0.5) is 5.82 Å². The smallest absolute Gasteiger partial charge is 0.181 e. The summed E-state index contributed by atoms with van der Waals surface area (Å²) >= 11 is 1.44. The summed E-state index contributed by atoms with van der Waals surface area (Å²) in [6.45, 7) is 0. The first-order chi connectivity index (χ1) is 9.79. The summed E-state index contributed by atoms with van der Waals surface area (Å²) in [6, 6.07) is 1.76. The highest BCUT2D eigenvalue weighted by molar-refractivity contribution is 7.99. The van der Waals surface area contributed by atoms with Gasteiger partial charge in [-0.25, -0.2) is 24.9 Å². The monoisotopic (exact) mass is 285 g/mol. The van der Waals surface area contributed by atoms with Crippen LogP contribution in [-0.2, 0) is 0 Å². The molecule has 1 aliphatic carbocycles. The standard InChI is InChI=1S/C12H11N7S/c13-7-3-8(19-10(18-7)6-1-2-6)20-12-9-11(15-4-14-9)16-5-17-12/h3-6H,1-2H2,(H2,13,18,19)(H,14,15,16,17). The second kappa shape index (κ2) is 4.41. The molecule has 0 amide bonds. The molecule has 3 aromatic heterocycles. The van der Waals surface area contributed by atoms with E-state index in [2.05, 4.69) is 29.9 Å². The van der Waals surface area contributed by atoms with Gasteiger partial charge in [-0.05, 0) is 24.6 Å². The molecule has 100 valence electrons. The molecule has 1 aliphatic rings. The van der Waals surface area contributed by atoms with Crippen molar-refractivity contribution in [2.75, 3.05) is 5.73 Å². The Morgan fingerprint density at radius 2 is 2.10 bits per heavy atom. The van der Waals surface area contributed by atoms with Crippen molar-refractivity contribution in [1.29, 1.82) is 0 Å². The van der Waals surface area contributed by atoms with Gasteiger partial charge in [0.1, 0.15) is 33.5 Å². The van der Waals surface area contributed by atoms with Crippen molar-refractivity contribution in [3.63, 3.8) is 0 Å². The van der Waals surface area contributed by atoms with Crippen LogP contribution in [0.1, 0.15) is 24.6 Å². The quantitative estimate of drug-likeness (QED) is 0.706. The molecule has 0 bridgehead atoms. The minimum Gasteiger partial charge on any atom is -0.384 e. The Labute approximate surface area is 118 Å². The zero-order chi connectivity index (χ0) is 13.5. The molecular weight excluding hydrogens is 274 g/mol. The molecule has 0 atom stereocenters. The molecule has 0 spiro atoms. The number of hydrogen-bond donors (Lipinski definition) is 2. The van der Waals surface area contributed by atoms with Crippen LogP contribution in [0.2, 0.25) is 0 Å². The first kappa shape index (κ1) is 11.6. The van der Waals surface area contributed by atoms with Gasteiger partial charge in [-0.15, -0.1) is 0 Å². The largest absolute Gasteiger partial charge is 0.384 e. The van der Waals surface area contributed by atoms with Gasteiger partial charge in [0, 0.05) is 12.0 Å². The van der Waals surface area contributed by atoms with Gasteiger partial charge < -0.3 is 10.7 Å². The minimum absolute atomic E-state index is 0.468. The maximum absolute atomic E-state index is 5.85. The first-order valence-electron chi connectivity index (χ1n) is 6.26. The molecule has 0 aliphatic heterocycles. The van der Waals surface area contributed by atoms with E-state index in [1.165, 1.54) is 18.1 Å². The number of aromatic nitrogens is 6. The molecule has 1 fully saturated rings. The van der Waals surface area contributed by atoms with E-state index in [1.54, 1.807) is 12.4 Å². The summed E-state index contributed by atoms with van der Waals surface area (Å²) in [7, 11) is 0. The fourth-order valence-electron chi connectivity index (χ4n) is 1.96. The predicted molar refractivity (Wildman–Crippen MR) is 74.2 cm³/mol. The molecule has 1 saturated carbocycles. The highest BCUT2D eigenvalue weighted by Crippen LogP contribution is 2.39. The van der Waals surface area contributed by atoms with E-state index in [1.807, 2.05) is 0 Å². The van der Waals surface area contributed by atoms with Crippen molar-refractivity contribution in [3.8, 4) is 0 Å². The van der Waals surface area contributed by atoms with Crippen LogP contribution in [0, 0.1) is 0 Å². The zero-order valence-corrected chi connectivity index (χ0v) is 11.3. The summed E-state index contributed by atoms with van der Waals surface area (Å²) in [5.74, 6) is 1.80. The van der Waals surface area contributed by atoms with Gasteiger partial charge in [0.25, 0.3) is 0 Å². The van der Waals surface area contributed by atoms with Crippen molar-refractivity contribution >= 4 is 28.7 Å². The summed E-state index contributed by atoms with van der Waals surface area (Å²) in [4.78, 5) is 24.4. The molecule has 3 N–H and O–H groups in total. The number of nitrogens with zero attached hydrogens (tertiary/aromatic N) is 5. The van der Waals surface area contributed by atoms with E-state index >= 15 is 0 Å². The fourth-order valence-corrected chi connectivity index (χ4v) is 2.83. The molecule has 0 saturated heterocycles. The average Bonchev–Trinajstić information content (AvgIpc) is 3.17. The topological polar surface area (TPSA) is 106 Å². The van der Waals surface area contributed by atoms with E-state index in [9.17, 15) is 0 Å². The summed E-state index contributed by atoms with van der Waals surface area (Å²) in [5, 5.41) is 1.58. The van der Waals surface area contributed by atoms with E-state index in [4.69, 9.17) is 5.73 Å². The highest BCUT2D eigenvalue weighted by atomic mass is 32.2. The molecule has 4 rings (SSSR count). The lowest BCUT2D eigenvalue weighted by molar-refractivity contribution is 0.882. The molecule has 8 heteroatoms. The van der Waals surface area contributed by atoms with Crippen LogP contribution in [0.5, 0.6) is 0 Å². The third-order valence-electron chi connectivity index (χ3n) is 3.07. The number of anilines is 1. The predicted octanol–water partition coefficient (Wildman–Crippen LogP) is 1.75. The fraction of sp³-hybridized carbons (Fsp3) is 0.250. The van der Waals surface area contributed by atoms with Crippen LogP contribution >= 0.6 is 11.8 Å². The van der Waals surface area contributed by atoms with E-state index in [0.29, 0.717) is 17.4 Å². The van der Waals surface area contributed by atoms with Crippen molar-refractivity contribution in [3.05, 3.63) is 24.5 Å². The maximum Gasteiger partial charge on any atom is 0.181 e. The van der Waals surface area contributed by atoms with E-state index in [0.717, 1.165) is 34.2 Å². The zero-order valence-electron chi connectivity index (χ0n) is 10.4. The maximum atomic E-state index is 5.85. The van der Waals surface area contributed by atoms with Crippen molar-refractivity contribution in [1.82, 2.24) is 29.9 Å². The van der Waals surface area contributed by atoms with Gasteiger partial charge >= 0.3 is 0 Å². The van der Waals surface area contributed by atoms with Crippen LogP contribution in [-0.4, -0.2) is 29.9 Å². The molecule has 0 radical (unpaired) electrons. The van der Waals surface area contributed by atoms with Crippen LogP contribution in [0.15, 0.2) is 28.8 Å². The summed E-state index contributed by atoms with van der Waals surface area (Å²) < 4.78 is 0. The average molecular weight is 285 g/mol. The lowest BCUT2D eigenvalue weighted by Gasteiger charge is -2.04. The van der Waals surface area contributed by atoms with E-state index < -0.39 is 0 Å². The number of aromatic amines is 1.